The van der Waals surface area contributed by atoms with Gasteiger partial charge in [0.15, 0.2) is 0 Å². The van der Waals surface area contributed by atoms with Gasteiger partial charge in [0.05, 0.1) is 10.5 Å². The molecule has 0 bridgehead atoms. The third-order valence-corrected chi connectivity index (χ3v) is 7.04. The number of rotatable bonds is 2. The molecule has 1 aromatic rings. The Morgan fingerprint density at radius 3 is 2.72 bits per heavy atom. The monoisotopic (exact) mass is 425 g/mol. The van der Waals surface area contributed by atoms with E-state index in [2.05, 4.69) is 15.6 Å². The highest BCUT2D eigenvalue weighted by molar-refractivity contribution is 7.90. The van der Waals surface area contributed by atoms with Crippen LogP contribution in [0.5, 0.6) is 0 Å². The fourth-order valence-corrected chi connectivity index (χ4v) is 5.31. The number of benzene rings is 1. The van der Waals surface area contributed by atoms with Crippen LogP contribution in [-0.2, 0) is 20.3 Å². The number of sulfonamides is 1. The molecule has 2 saturated heterocycles. The number of aliphatic imine (C=N–C) groups is 1. The van der Waals surface area contributed by atoms with Crippen LogP contribution in [0.15, 0.2) is 29.3 Å². The van der Waals surface area contributed by atoms with Crippen molar-refractivity contribution in [3.63, 3.8) is 0 Å². The number of fused-ring (bicyclic) bond motifs is 1. The zero-order valence-electron chi connectivity index (χ0n) is 16.5. The van der Waals surface area contributed by atoms with E-state index in [1.54, 1.807) is 26.8 Å². The van der Waals surface area contributed by atoms with E-state index < -0.39 is 37.4 Å². The average molecular weight is 425 g/mol. The van der Waals surface area contributed by atoms with Gasteiger partial charge in [-0.15, -0.1) is 4.99 Å². The number of carbonyl (C=O) groups is 1. The smallest absolute Gasteiger partial charge is 0.437 e. The second-order valence-corrected chi connectivity index (χ2v) is 10.1. The summed E-state index contributed by atoms with van der Waals surface area (Å²) in [4.78, 5) is 26.7. The summed E-state index contributed by atoms with van der Waals surface area (Å²) >= 11 is 0. The molecule has 1 amide bonds. The van der Waals surface area contributed by atoms with E-state index in [1.165, 1.54) is 25.2 Å². The molecule has 0 aromatic heterocycles. The summed E-state index contributed by atoms with van der Waals surface area (Å²) in [6.07, 6.45) is -0.944. The first-order valence-corrected chi connectivity index (χ1v) is 10.4. The van der Waals surface area contributed by atoms with Gasteiger partial charge in [0.2, 0.25) is 16.0 Å². The van der Waals surface area contributed by atoms with Crippen LogP contribution in [0.1, 0.15) is 26.3 Å². The summed E-state index contributed by atoms with van der Waals surface area (Å²) in [5.74, 6) is -0.203. The summed E-state index contributed by atoms with van der Waals surface area (Å²) in [6, 6.07) is 5.77. The molecule has 12 heteroatoms. The van der Waals surface area contributed by atoms with Crippen molar-refractivity contribution in [2.45, 2.75) is 37.2 Å². The predicted octanol–water partition coefficient (Wildman–Crippen LogP) is 0.918. The Bertz CT molecular complexity index is 986. The molecule has 0 spiro atoms. The number of hydrogen-bond acceptors (Lipinski definition) is 7. The molecular weight excluding hydrogens is 402 g/mol. The Morgan fingerprint density at radius 1 is 1.41 bits per heavy atom. The van der Waals surface area contributed by atoms with E-state index in [-0.39, 0.29) is 24.7 Å². The van der Waals surface area contributed by atoms with Crippen molar-refractivity contribution >= 4 is 27.8 Å². The van der Waals surface area contributed by atoms with Gasteiger partial charge in [-0.3, -0.25) is 10.1 Å². The Morgan fingerprint density at radius 2 is 2.10 bits per heavy atom. The average Bonchev–Trinajstić information content (AvgIpc) is 3.04. The normalized spacial score (nSPS) is 27.2. The number of hydrogen-bond donors (Lipinski definition) is 2. The first kappa shape index (κ1) is 21.0. The number of nitrogens with one attached hydrogen (secondary N) is 2. The number of nitrogens with zero attached hydrogens (tertiary/aromatic N) is 3. The largest absolute Gasteiger partial charge is 0.442 e. The molecule has 0 radical (unpaired) electrons. The van der Waals surface area contributed by atoms with Gasteiger partial charge in [0.25, 0.3) is 5.69 Å². The van der Waals surface area contributed by atoms with Crippen LogP contribution >= 0.6 is 0 Å². The maximum absolute atomic E-state index is 13.1. The summed E-state index contributed by atoms with van der Waals surface area (Å²) < 4.78 is 32.4. The van der Waals surface area contributed by atoms with Crippen LogP contribution < -0.4 is 10.6 Å². The summed E-state index contributed by atoms with van der Waals surface area (Å²) in [5, 5.41) is 16.3. The minimum Gasteiger partial charge on any atom is -0.442 e. The topological polar surface area (TPSA) is 143 Å². The second kappa shape index (κ2) is 6.95. The lowest BCUT2D eigenvalue weighted by Gasteiger charge is -2.44. The summed E-state index contributed by atoms with van der Waals surface area (Å²) in [7, 11) is -2.62. The van der Waals surface area contributed by atoms with E-state index in [4.69, 9.17) is 4.74 Å². The molecule has 2 aliphatic heterocycles. The Labute approximate surface area is 168 Å². The highest BCUT2D eigenvalue weighted by atomic mass is 32.2. The van der Waals surface area contributed by atoms with Crippen molar-refractivity contribution in [2.75, 3.05) is 20.1 Å². The molecule has 2 aliphatic rings. The molecular formula is C17H23N5O6S. The van der Waals surface area contributed by atoms with Gasteiger partial charge in [-0.2, -0.15) is 0 Å². The van der Waals surface area contributed by atoms with Crippen LogP contribution in [0.2, 0.25) is 0 Å². The lowest BCUT2D eigenvalue weighted by atomic mass is 9.88. The van der Waals surface area contributed by atoms with Gasteiger partial charge in [-0.1, -0.05) is 12.1 Å². The van der Waals surface area contributed by atoms with Crippen LogP contribution in [-0.4, -0.2) is 60.7 Å². The number of guanidine groups is 1. The van der Waals surface area contributed by atoms with Crippen molar-refractivity contribution in [1.29, 1.82) is 0 Å². The van der Waals surface area contributed by atoms with Crippen LogP contribution in [0.4, 0.5) is 10.5 Å². The zero-order valence-corrected chi connectivity index (χ0v) is 17.3. The Kier molecular flexibility index (Phi) is 5.03. The van der Waals surface area contributed by atoms with Crippen molar-refractivity contribution in [3.05, 3.63) is 39.9 Å². The van der Waals surface area contributed by atoms with Crippen LogP contribution in [0.25, 0.3) is 0 Å². The Balaban J connectivity index is 2.10. The quantitative estimate of drug-likeness (QED) is 0.526. The van der Waals surface area contributed by atoms with Gasteiger partial charge in [0, 0.05) is 32.3 Å². The van der Waals surface area contributed by atoms with E-state index in [0.717, 1.165) is 4.31 Å². The summed E-state index contributed by atoms with van der Waals surface area (Å²) in [5.41, 5.74) is -1.78. The first-order chi connectivity index (χ1) is 13.4. The van der Waals surface area contributed by atoms with E-state index in [1.807, 2.05) is 0 Å². The minimum atomic E-state index is -3.92. The minimum absolute atomic E-state index is 0.141. The SMILES string of the molecule is CN1/C(=N/C(=O)OC(C)(C)C)NC2(c3cccc([N+](=O)[O-])c3)CNCC2S1(=O)=O. The van der Waals surface area contributed by atoms with Crippen molar-refractivity contribution < 1.29 is 22.9 Å². The maximum atomic E-state index is 13.1. The number of nitro benzene ring substituents is 1. The number of non-ortho nitro benzene ring substituents is 1. The fourth-order valence-electron chi connectivity index (χ4n) is 3.49. The number of amides is 1. The van der Waals surface area contributed by atoms with E-state index >= 15 is 0 Å². The molecule has 2 heterocycles. The van der Waals surface area contributed by atoms with E-state index in [0.29, 0.717) is 5.56 Å². The van der Waals surface area contributed by atoms with Crippen molar-refractivity contribution in [2.24, 2.45) is 4.99 Å². The maximum Gasteiger partial charge on any atom is 0.437 e. The summed E-state index contributed by atoms with van der Waals surface area (Å²) in [6.45, 7) is 5.32. The third kappa shape index (κ3) is 3.77. The number of nitro groups is 1. The lowest BCUT2D eigenvalue weighted by molar-refractivity contribution is -0.385. The highest BCUT2D eigenvalue weighted by Crippen LogP contribution is 2.38. The lowest BCUT2D eigenvalue weighted by Crippen LogP contribution is -2.67. The van der Waals surface area contributed by atoms with Crippen LogP contribution in [0, 0.1) is 10.1 Å². The van der Waals surface area contributed by atoms with Crippen molar-refractivity contribution in [3.8, 4) is 0 Å². The molecule has 2 unspecified atom stereocenters. The number of ether oxygens (including phenoxy) is 1. The Hall–Kier alpha value is -2.73. The molecule has 3 rings (SSSR count). The molecule has 11 nitrogen and oxygen atoms in total. The van der Waals surface area contributed by atoms with Gasteiger partial charge in [0.1, 0.15) is 10.9 Å². The van der Waals surface area contributed by atoms with Gasteiger partial charge < -0.3 is 15.4 Å². The third-order valence-electron chi connectivity index (χ3n) is 4.82. The molecule has 0 aliphatic carbocycles. The molecule has 2 atom stereocenters. The highest BCUT2D eigenvalue weighted by Gasteiger charge is 2.57. The molecule has 2 N–H and O–H groups in total. The van der Waals surface area contributed by atoms with Crippen molar-refractivity contribution in [1.82, 2.24) is 14.9 Å². The molecule has 29 heavy (non-hydrogen) atoms. The molecule has 1 aromatic carbocycles. The fraction of sp³-hybridized carbons (Fsp3) is 0.529. The number of carbonyl (C=O) groups excluding carboxylic acids is 1. The second-order valence-electron chi connectivity index (χ2n) is 7.95. The van der Waals surface area contributed by atoms with Gasteiger partial charge >= 0.3 is 6.09 Å². The predicted molar refractivity (Wildman–Crippen MR) is 105 cm³/mol. The van der Waals surface area contributed by atoms with Crippen LogP contribution in [0.3, 0.4) is 0 Å². The molecule has 158 valence electrons. The molecule has 0 saturated carbocycles. The first-order valence-electron chi connectivity index (χ1n) is 8.90. The van der Waals surface area contributed by atoms with Gasteiger partial charge in [-0.25, -0.2) is 17.5 Å². The molecule has 2 fully saturated rings. The standard InChI is InChI=1S/C17H23N5O6S/c1-16(2,3)28-15(23)19-14-20-17(11-6-5-7-12(8-11)22(24)25)10-18-9-13(17)29(26,27)21(14)4/h5-8,13,18H,9-10H2,1-4H3,(H,19,20,23). The van der Waals surface area contributed by atoms with Gasteiger partial charge in [-0.05, 0) is 26.3 Å². The van der Waals surface area contributed by atoms with E-state index in [9.17, 15) is 23.3 Å². The zero-order chi connectivity index (χ0) is 21.6.